The van der Waals surface area contributed by atoms with Crippen LogP contribution in [0.3, 0.4) is 0 Å². The van der Waals surface area contributed by atoms with Crippen LogP contribution in [0.4, 0.5) is 0 Å². The Kier molecular flexibility index (Phi) is 5.20. The smallest absolute Gasteiger partial charge is 0.0826 e. The van der Waals surface area contributed by atoms with Gasteiger partial charge < -0.3 is 5.11 Å². The van der Waals surface area contributed by atoms with Crippen LogP contribution in [0.25, 0.3) is 0 Å². The van der Waals surface area contributed by atoms with Crippen LogP contribution in [-0.4, -0.2) is 5.11 Å². The van der Waals surface area contributed by atoms with E-state index in [1.165, 1.54) is 12.8 Å². The van der Waals surface area contributed by atoms with E-state index in [1.807, 2.05) is 11.4 Å². The lowest BCUT2D eigenvalue weighted by atomic mass is 9.90. The van der Waals surface area contributed by atoms with Gasteiger partial charge in [0.15, 0.2) is 0 Å². The highest BCUT2D eigenvalue weighted by molar-refractivity contribution is 7.07. The third-order valence-electron chi connectivity index (χ3n) is 2.78. The summed E-state index contributed by atoms with van der Waals surface area (Å²) >= 11 is 1.66. The molecule has 0 aliphatic rings. The van der Waals surface area contributed by atoms with Gasteiger partial charge in [0.25, 0.3) is 0 Å². The molecule has 0 amide bonds. The van der Waals surface area contributed by atoms with Crippen LogP contribution in [0, 0.1) is 5.92 Å². The van der Waals surface area contributed by atoms with Crippen LogP contribution in [0.2, 0.25) is 0 Å². The molecule has 0 bridgehead atoms. The average Bonchev–Trinajstić information content (AvgIpc) is 2.71. The quantitative estimate of drug-likeness (QED) is 0.755. The predicted molar refractivity (Wildman–Crippen MR) is 62.6 cm³/mol. The Morgan fingerprint density at radius 2 is 2.21 bits per heavy atom. The summed E-state index contributed by atoms with van der Waals surface area (Å²) in [5.74, 6) is 0.435. The third-order valence-corrected chi connectivity index (χ3v) is 3.49. The summed E-state index contributed by atoms with van der Waals surface area (Å²) < 4.78 is 0. The molecule has 0 aromatic carbocycles. The second-order valence-corrected chi connectivity index (χ2v) is 4.59. The minimum Gasteiger partial charge on any atom is -0.388 e. The van der Waals surface area contributed by atoms with Crippen molar-refractivity contribution >= 4 is 11.3 Å². The zero-order valence-corrected chi connectivity index (χ0v) is 9.89. The molecule has 0 saturated carbocycles. The summed E-state index contributed by atoms with van der Waals surface area (Å²) in [6.45, 7) is 4.36. The van der Waals surface area contributed by atoms with Crippen LogP contribution < -0.4 is 0 Å². The summed E-state index contributed by atoms with van der Waals surface area (Å²) in [5, 5.41) is 14.2. The van der Waals surface area contributed by atoms with Crippen LogP contribution in [0.15, 0.2) is 16.8 Å². The first kappa shape index (κ1) is 11.7. The van der Waals surface area contributed by atoms with Crippen LogP contribution >= 0.6 is 11.3 Å². The van der Waals surface area contributed by atoms with Crippen molar-refractivity contribution in [3.8, 4) is 0 Å². The molecule has 0 aliphatic heterocycles. The summed E-state index contributed by atoms with van der Waals surface area (Å²) in [4.78, 5) is 0. The van der Waals surface area contributed by atoms with E-state index in [0.717, 1.165) is 18.4 Å². The number of rotatable bonds is 6. The molecule has 0 fully saturated rings. The molecule has 1 nitrogen and oxygen atoms in total. The van der Waals surface area contributed by atoms with Gasteiger partial charge in [-0.3, -0.25) is 0 Å². The Labute approximate surface area is 90.8 Å². The van der Waals surface area contributed by atoms with Gasteiger partial charge in [0.05, 0.1) is 6.10 Å². The van der Waals surface area contributed by atoms with Crippen molar-refractivity contribution in [2.24, 2.45) is 5.92 Å². The van der Waals surface area contributed by atoms with Gasteiger partial charge in [-0.1, -0.05) is 33.1 Å². The highest BCUT2D eigenvalue weighted by Gasteiger charge is 2.18. The second kappa shape index (κ2) is 6.20. The number of thiophene rings is 1. The van der Waals surface area contributed by atoms with E-state index in [-0.39, 0.29) is 6.10 Å². The van der Waals surface area contributed by atoms with Gasteiger partial charge in [0.1, 0.15) is 0 Å². The lowest BCUT2D eigenvalue weighted by Crippen LogP contribution is -2.11. The number of unbranched alkanes of at least 4 members (excludes halogenated alkanes) is 1. The zero-order chi connectivity index (χ0) is 10.4. The van der Waals surface area contributed by atoms with E-state index in [9.17, 15) is 5.11 Å². The minimum absolute atomic E-state index is 0.252. The number of aliphatic hydroxyl groups excluding tert-OH is 1. The van der Waals surface area contributed by atoms with E-state index < -0.39 is 0 Å². The Bertz CT molecular complexity index is 230. The van der Waals surface area contributed by atoms with Gasteiger partial charge in [-0.2, -0.15) is 11.3 Å². The van der Waals surface area contributed by atoms with Crippen molar-refractivity contribution in [2.75, 3.05) is 0 Å². The molecule has 1 aromatic heterocycles. The van der Waals surface area contributed by atoms with Crippen LogP contribution in [-0.2, 0) is 0 Å². The van der Waals surface area contributed by atoms with E-state index in [2.05, 4.69) is 19.2 Å². The predicted octanol–water partition coefficient (Wildman–Crippen LogP) is 4.00. The molecule has 2 heteroatoms. The molecule has 2 atom stereocenters. The number of hydrogen-bond donors (Lipinski definition) is 1. The van der Waals surface area contributed by atoms with Crippen LogP contribution in [0.1, 0.15) is 51.2 Å². The number of aliphatic hydroxyl groups is 1. The molecule has 80 valence electrons. The lowest BCUT2D eigenvalue weighted by molar-refractivity contribution is 0.0993. The average molecular weight is 212 g/mol. The van der Waals surface area contributed by atoms with Gasteiger partial charge in [0.2, 0.25) is 0 Å². The van der Waals surface area contributed by atoms with E-state index in [4.69, 9.17) is 0 Å². The zero-order valence-electron chi connectivity index (χ0n) is 9.07. The normalized spacial score (nSPS) is 15.4. The monoisotopic (exact) mass is 212 g/mol. The van der Waals surface area contributed by atoms with E-state index in [1.54, 1.807) is 11.3 Å². The SMILES string of the molecule is CCCCC(CC)C(O)c1ccsc1. The van der Waals surface area contributed by atoms with E-state index in [0.29, 0.717) is 5.92 Å². The van der Waals surface area contributed by atoms with Crippen molar-refractivity contribution in [3.05, 3.63) is 22.4 Å². The van der Waals surface area contributed by atoms with Crippen LogP contribution in [0.5, 0.6) is 0 Å². The highest BCUT2D eigenvalue weighted by atomic mass is 32.1. The first-order chi connectivity index (χ1) is 6.79. The summed E-state index contributed by atoms with van der Waals surface area (Å²) in [6, 6.07) is 2.03. The van der Waals surface area contributed by atoms with Crippen molar-refractivity contribution < 1.29 is 5.11 Å². The maximum atomic E-state index is 10.1. The summed E-state index contributed by atoms with van der Waals surface area (Å²) in [7, 11) is 0. The Morgan fingerprint density at radius 3 is 2.71 bits per heavy atom. The molecule has 0 radical (unpaired) electrons. The molecular weight excluding hydrogens is 192 g/mol. The van der Waals surface area contributed by atoms with Gasteiger partial charge in [0, 0.05) is 0 Å². The van der Waals surface area contributed by atoms with Gasteiger partial charge in [-0.15, -0.1) is 0 Å². The second-order valence-electron chi connectivity index (χ2n) is 3.81. The minimum atomic E-state index is -0.252. The van der Waals surface area contributed by atoms with Gasteiger partial charge in [-0.05, 0) is 34.7 Å². The van der Waals surface area contributed by atoms with Gasteiger partial charge in [-0.25, -0.2) is 0 Å². The first-order valence-electron chi connectivity index (χ1n) is 5.49. The van der Waals surface area contributed by atoms with Crippen molar-refractivity contribution in [2.45, 2.75) is 45.6 Å². The molecule has 14 heavy (non-hydrogen) atoms. The maximum Gasteiger partial charge on any atom is 0.0826 e. The van der Waals surface area contributed by atoms with Crippen molar-refractivity contribution in [1.82, 2.24) is 0 Å². The highest BCUT2D eigenvalue weighted by Crippen LogP contribution is 2.29. The maximum absolute atomic E-state index is 10.1. The first-order valence-corrected chi connectivity index (χ1v) is 6.44. The Balaban J connectivity index is 2.51. The fourth-order valence-electron chi connectivity index (χ4n) is 1.77. The molecule has 1 N–H and O–H groups in total. The third kappa shape index (κ3) is 3.10. The largest absolute Gasteiger partial charge is 0.388 e. The molecule has 1 heterocycles. The van der Waals surface area contributed by atoms with Gasteiger partial charge >= 0.3 is 0 Å². The molecule has 0 spiro atoms. The van der Waals surface area contributed by atoms with E-state index >= 15 is 0 Å². The molecule has 1 aromatic rings. The Morgan fingerprint density at radius 1 is 1.43 bits per heavy atom. The molecule has 0 saturated heterocycles. The standard InChI is InChI=1S/C12H20OS/c1-3-5-6-10(4-2)12(13)11-7-8-14-9-11/h7-10,12-13H,3-6H2,1-2H3. The number of hydrogen-bond acceptors (Lipinski definition) is 2. The molecular formula is C12H20OS. The Hall–Kier alpha value is -0.340. The fourth-order valence-corrected chi connectivity index (χ4v) is 2.46. The van der Waals surface area contributed by atoms with Crippen molar-refractivity contribution in [1.29, 1.82) is 0 Å². The summed E-state index contributed by atoms with van der Waals surface area (Å²) in [6.07, 6.45) is 4.39. The molecule has 2 unspecified atom stereocenters. The topological polar surface area (TPSA) is 20.2 Å². The molecule has 0 aliphatic carbocycles. The fraction of sp³-hybridized carbons (Fsp3) is 0.667. The van der Waals surface area contributed by atoms with Crippen molar-refractivity contribution in [3.63, 3.8) is 0 Å². The lowest BCUT2D eigenvalue weighted by Gasteiger charge is -2.20. The summed E-state index contributed by atoms with van der Waals surface area (Å²) in [5.41, 5.74) is 1.10. The molecule has 1 rings (SSSR count).